The van der Waals surface area contributed by atoms with Gasteiger partial charge in [-0.2, -0.15) is 0 Å². The van der Waals surface area contributed by atoms with Gasteiger partial charge in [0.25, 0.3) is 0 Å². The molecule has 0 atom stereocenters. The molecule has 0 N–H and O–H groups in total. The molecule has 0 amide bonds. The third-order valence-corrected chi connectivity index (χ3v) is 3.05. The number of carbonyl (C=O) groups excluding carboxylic acids is 2. The van der Waals surface area contributed by atoms with Crippen molar-refractivity contribution in [2.24, 2.45) is 11.3 Å². The van der Waals surface area contributed by atoms with Gasteiger partial charge in [-0.3, -0.25) is 9.59 Å². The maximum absolute atomic E-state index is 11.8. The van der Waals surface area contributed by atoms with Gasteiger partial charge in [0.1, 0.15) is 11.6 Å². The Morgan fingerprint density at radius 2 is 1.88 bits per heavy atom. The zero-order chi connectivity index (χ0) is 12.3. The first-order valence-electron chi connectivity index (χ1n) is 5.62. The first-order chi connectivity index (χ1) is 7.35. The van der Waals surface area contributed by atoms with Crippen molar-refractivity contribution in [3.63, 3.8) is 0 Å². The highest BCUT2D eigenvalue weighted by Gasteiger charge is 2.38. The summed E-state index contributed by atoms with van der Waals surface area (Å²) in [6.07, 6.45) is 3.30. The summed E-state index contributed by atoms with van der Waals surface area (Å²) in [5.41, 5.74) is -0.162. The molecule has 1 fully saturated rings. The molecule has 1 rings (SSSR count). The van der Waals surface area contributed by atoms with Gasteiger partial charge in [-0.05, 0) is 24.8 Å². The Bertz CT molecular complexity index is 306. The van der Waals surface area contributed by atoms with Crippen LogP contribution < -0.4 is 0 Å². The van der Waals surface area contributed by atoms with E-state index in [-0.39, 0.29) is 17.0 Å². The molecule has 1 saturated carbocycles. The summed E-state index contributed by atoms with van der Waals surface area (Å²) in [7, 11) is 1.58. The van der Waals surface area contributed by atoms with Gasteiger partial charge >= 0.3 is 0 Å². The van der Waals surface area contributed by atoms with Crippen molar-refractivity contribution in [3.8, 4) is 0 Å². The minimum atomic E-state index is -0.446. The van der Waals surface area contributed by atoms with Crippen LogP contribution in [0.5, 0.6) is 0 Å². The number of Topliss-reactive ketones (excluding diaryl/α,β-unsaturated/α-hetero) is 2. The number of allylic oxidation sites excluding steroid dienone is 2. The third kappa shape index (κ3) is 3.19. The van der Waals surface area contributed by atoms with E-state index in [0.717, 1.165) is 5.76 Å². The van der Waals surface area contributed by atoms with Crippen molar-refractivity contribution >= 4 is 11.6 Å². The molecule has 0 unspecified atom stereocenters. The van der Waals surface area contributed by atoms with E-state index in [9.17, 15) is 9.59 Å². The van der Waals surface area contributed by atoms with E-state index in [1.54, 1.807) is 7.11 Å². The molecule has 0 aromatic rings. The molecule has 0 aromatic carbocycles. The number of carbonyl (C=O) groups is 2. The van der Waals surface area contributed by atoms with Gasteiger partial charge in [-0.15, -0.1) is 0 Å². The Morgan fingerprint density at radius 3 is 2.31 bits per heavy atom. The molecule has 1 aliphatic rings. The summed E-state index contributed by atoms with van der Waals surface area (Å²) in [4.78, 5) is 23.7. The van der Waals surface area contributed by atoms with Gasteiger partial charge in [0.2, 0.25) is 0 Å². The lowest BCUT2D eigenvalue weighted by atomic mass is 9.71. The van der Waals surface area contributed by atoms with E-state index in [1.165, 1.54) is 0 Å². The average Bonchev–Trinajstić information content (AvgIpc) is 2.14. The first kappa shape index (κ1) is 12.9. The van der Waals surface area contributed by atoms with Crippen LogP contribution in [0.3, 0.4) is 0 Å². The second kappa shape index (κ2) is 4.81. The molecule has 0 aliphatic heterocycles. The summed E-state index contributed by atoms with van der Waals surface area (Å²) < 4.78 is 4.99. The second-order valence-electron chi connectivity index (χ2n) is 5.26. The number of methoxy groups -OCH3 is 1. The Morgan fingerprint density at radius 1 is 1.38 bits per heavy atom. The van der Waals surface area contributed by atoms with Gasteiger partial charge in [-0.1, -0.05) is 13.8 Å². The highest BCUT2D eigenvalue weighted by Crippen LogP contribution is 2.35. The third-order valence-electron chi connectivity index (χ3n) is 3.05. The van der Waals surface area contributed by atoms with Crippen molar-refractivity contribution in [3.05, 3.63) is 11.8 Å². The van der Waals surface area contributed by atoms with Crippen LogP contribution in [-0.4, -0.2) is 18.7 Å². The van der Waals surface area contributed by atoms with E-state index in [2.05, 4.69) is 0 Å². The highest BCUT2D eigenvalue weighted by atomic mass is 16.5. The summed E-state index contributed by atoms with van der Waals surface area (Å²) in [6, 6.07) is 0. The molecule has 0 radical (unpaired) electrons. The fourth-order valence-corrected chi connectivity index (χ4v) is 2.06. The molecular weight excluding hydrogens is 204 g/mol. The van der Waals surface area contributed by atoms with E-state index in [4.69, 9.17) is 4.74 Å². The minimum Gasteiger partial charge on any atom is -0.502 e. The Kier molecular flexibility index (Phi) is 3.89. The van der Waals surface area contributed by atoms with Crippen molar-refractivity contribution < 1.29 is 14.3 Å². The Labute approximate surface area is 96.9 Å². The van der Waals surface area contributed by atoms with Crippen LogP contribution in [0.15, 0.2) is 11.8 Å². The number of ether oxygens (including phenoxy) is 1. The standard InChI is InChI=1S/C13H20O3/c1-9(16-4)5-6-10-11(14)7-13(2,3)8-12(10)15/h5,10H,6-8H2,1-4H3/b9-5+. The Balaban J connectivity index is 2.69. The van der Waals surface area contributed by atoms with Crippen LogP contribution in [-0.2, 0) is 14.3 Å². The van der Waals surface area contributed by atoms with Crippen LogP contribution in [0.2, 0.25) is 0 Å². The molecule has 0 aromatic heterocycles. The monoisotopic (exact) mass is 224 g/mol. The largest absolute Gasteiger partial charge is 0.502 e. The van der Waals surface area contributed by atoms with Crippen molar-refractivity contribution in [1.82, 2.24) is 0 Å². The SMILES string of the molecule is CO/C(C)=C/CC1C(=O)CC(C)(C)CC1=O. The maximum Gasteiger partial charge on any atom is 0.144 e. The van der Waals surface area contributed by atoms with Gasteiger partial charge in [0, 0.05) is 12.8 Å². The smallest absolute Gasteiger partial charge is 0.144 e. The number of hydrogen-bond acceptors (Lipinski definition) is 3. The van der Waals surface area contributed by atoms with Crippen LogP contribution in [0.1, 0.15) is 40.0 Å². The van der Waals surface area contributed by atoms with E-state index in [0.29, 0.717) is 19.3 Å². The van der Waals surface area contributed by atoms with Crippen LogP contribution >= 0.6 is 0 Å². The van der Waals surface area contributed by atoms with Crippen molar-refractivity contribution in [1.29, 1.82) is 0 Å². The molecule has 1 aliphatic carbocycles. The fraction of sp³-hybridized carbons (Fsp3) is 0.692. The quantitative estimate of drug-likeness (QED) is 0.546. The molecule has 0 bridgehead atoms. The fourth-order valence-electron chi connectivity index (χ4n) is 2.06. The summed E-state index contributed by atoms with van der Waals surface area (Å²) >= 11 is 0. The van der Waals surface area contributed by atoms with Crippen molar-refractivity contribution in [2.75, 3.05) is 7.11 Å². The summed E-state index contributed by atoms with van der Waals surface area (Å²) in [5.74, 6) is 0.450. The average molecular weight is 224 g/mol. The molecule has 0 spiro atoms. The lowest BCUT2D eigenvalue weighted by molar-refractivity contribution is -0.139. The maximum atomic E-state index is 11.8. The van der Waals surface area contributed by atoms with Crippen molar-refractivity contribution in [2.45, 2.75) is 40.0 Å². The lowest BCUT2D eigenvalue weighted by Gasteiger charge is -2.31. The van der Waals surface area contributed by atoms with Crippen LogP contribution in [0.25, 0.3) is 0 Å². The molecular formula is C13H20O3. The van der Waals surface area contributed by atoms with Gasteiger partial charge in [-0.25, -0.2) is 0 Å². The highest BCUT2D eigenvalue weighted by molar-refractivity contribution is 6.05. The minimum absolute atomic E-state index is 0.0707. The van der Waals surface area contributed by atoms with E-state index in [1.807, 2.05) is 26.8 Å². The Hall–Kier alpha value is -1.12. The number of rotatable bonds is 3. The van der Waals surface area contributed by atoms with Crippen LogP contribution in [0, 0.1) is 11.3 Å². The molecule has 3 heteroatoms. The number of hydrogen-bond donors (Lipinski definition) is 0. The summed E-state index contributed by atoms with van der Waals surface area (Å²) in [5, 5.41) is 0. The zero-order valence-electron chi connectivity index (χ0n) is 10.5. The van der Waals surface area contributed by atoms with Crippen LogP contribution in [0.4, 0.5) is 0 Å². The van der Waals surface area contributed by atoms with Gasteiger partial charge in [0.05, 0.1) is 18.8 Å². The second-order valence-corrected chi connectivity index (χ2v) is 5.26. The molecule has 16 heavy (non-hydrogen) atoms. The molecule has 3 nitrogen and oxygen atoms in total. The zero-order valence-corrected chi connectivity index (χ0v) is 10.5. The molecule has 0 saturated heterocycles. The number of ketones is 2. The summed E-state index contributed by atoms with van der Waals surface area (Å²) in [6.45, 7) is 5.76. The van der Waals surface area contributed by atoms with Gasteiger partial charge < -0.3 is 4.74 Å². The first-order valence-corrected chi connectivity index (χ1v) is 5.62. The molecule has 0 heterocycles. The normalized spacial score (nSPS) is 22.4. The van der Waals surface area contributed by atoms with E-state index < -0.39 is 5.92 Å². The van der Waals surface area contributed by atoms with Gasteiger partial charge in [0.15, 0.2) is 0 Å². The lowest BCUT2D eigenvalue weighted by Crippen LogP contribution is -2.37. The topological polar surface area (TPSA) is 43.4 Å². The van der Waals surface area contributed by atoms with E-state index >= 15 is 0 Å². The predicted octanol–water partition coefficient (Wildman–Crippen LogP) is 2.50. The predicted molar refractivity (Wildman–Crippen MR) is 61.9 cm³/mol. The molecule has 90 valence electrons.